The molecule has 0 saturated carbocycles. The Labute approximate surface area is 160 Å². The fourth-order valence-corrected chi connectivity index (χ4v) is 4.35. The quantitative estimate of drug-likeness (QED) is 0.632. The van der Waals surface area contributed by atoms with Gasteiger partial charge < -0.3 is 16.4 Å². The van der Waals surface area contributed by atoms with Crippen molar-refractivity contribution in [2.75, 3.05) is 25.0 Å². The maximum absolute atomic E-state index is 12.7. The minimum Gasteiger partial charge on any atom is -0.346 e. The highest BCUT2D eigenvalue weighted by molar-refractivity contribution is 7.89. The number of hydrogen-bond donors (Lipinski definition) is 3. The first kappa shape index (κ1) is 21.3. The Hall–Kier alpha value is -1.97. The van der Waals surface area contributed by atoms with Crippen LogP contribution in [0.3, 0.4) is 0 Å². The maximum atomic E-state index is 12.7. The molecular weight excluding hydrogens is 368 g/mol. The highest BCUT2D eigenvalue weighted by Gasteiger charge is 2.26. The molecule has 1 fully saturated rings. The van der Waals surface area contributed by atoms with E-state index < -0.39 is 27.9 Å². The van der Waals surface area contributed by atoms with E-state index >= 15 is 0 Å². The van der Waals surface area contributed by atoms with Crippen molar-refractivity contribution in [3.63, 3.8) is 0 Å². The molecule has 1 aromatic carbocycles. The normalized spacial score (nSPS) is 16.7. The highest BCUT2D eigenvalue weighted by atomic mass is 32.2. The molecule has 2 rings (SSSR count). The van der Waals surface area contributed by atoms with Crippen LogP contribution in [0.2, 0.25) is 0 Å². The fourth-order valence-electron chi connectivity index (χ4n) is 2.78. The van der Waals surface area contributed by atoms with Crippen molar-refractivity contribution in [3.8, 4) is 0 Å². The summed E-state index contributed by atoms with van der Waals surface area (Å²) in [6.07, 6.45) is 2.75. The van der Waals surface area contributed by atoms with Crippen LogP contribution in [0.5, 0.6) is 0 Å². The number of benzene rings is 1. The summed E-state index contributed by atoms with van der Waals surface area (Å²) in [5.41, 5.74) is 6.08. The molecule has 27 heavy (non-hydrogen) atoms. The number of amides is 2. The summed E-state index contributed by atoms with van der Waals surface area (Å²) in [4.78, 5) is 24.0. The molecule has 4 N–H and O–H groups in total. The number of nitrogens with two attached hydrogens (primary N) is 1. The van der Waals surface area contributed by atoms with Crippen molar-refractivity contribution in [2.45, 2.75) is 44.0 Å². The van der Waals surface area contributed by atoms with E-state index in [-0.39, 0.29) is 17.4 Å². The number of sulfonamides is 1. The minimum absolute atomic E-state index is 0.0373. The molecule has 8 nitrogen and oxygen atoms in total. The molecule has 0 spiro atoms. The van der Waals surface area contributed by atoms with E-state index in [1.54, 1.807) is 12.1 Å². The lowest BCUT2D eigenvalue weighted by Crippen LogP contribution is -2.46. The van der Waals surface area contributed by atoms with Crippen molar-refractivity contribution < 1.29 is 18.0 Å². The molecule has 0 aliphatic carbocycles. The molecule has 0 radical (unpaired) electrons. The van der Waals surface area contributed by atoms with E-state index in [1.807, 2.05) is 13.8 Å². The third-order valence-electron chi connectivity index (χ3n) is 4.51. The van der Waals surface area contributed by atoms with Gasteiger partial charge in [-0.25, -0.2) is 8.42 Å². The highest BCUT2D eigenvalue weighted by Crippen LogP contribution is 2.22. The van der Waals surface area contributed by atoms with Gasteiger partial charge >= 0.3 is 0 Å². The van der Waals surface area contributed by atoms with Crippen LogP contribution >= 0.6 is 0 Å². The van der Waals surface area contributed by atoms with Crippen LogP contribution < -0.4 is 16.4 Å². The monoisotopic (exact) mass is 396 g/mol. The van der Waals surface area contributed by atoms with Gasteiger partial charge in [-0.3, -0.25) is 9.59 Å². The largest absolute Gasteiger partial charge is 0.346 e. The van der Waals surface area contributed by atoms with Crippen LogP contribution in [0.4, 0.5) is 5.69 Å². The van der Waals surface area contributed by atoms with Crippen LogP contribution in [0.25, 0.3) is 0 Å². The number of hydrogen-bond acceptors (Lipinski definition) is 5. The summed E-state index contributed by atoms with van der Waals surface area (Å²) >= 11 is 0. The van der Waals surface area contributed by atoms with Gasteiger partial charge in [0.15, 0.2) is 0 Å². The molecule has 1 aliphatic rings. The van der Waals surface area contributed by atoms with Crippen LogP contribution in [0.15, 0.2) is 29.2 Å². The second-order valence-electron chi connectivity index (χ2n) is 7.03. The minimum atomic E-state index is -3.57. The number of rotatable bonds is 7. The Balaban J connectivity index is 1.99. The van der Waals surface area contributed by atoms with Gasteiger partial charge in [-0.2, -0.15) is 4.31 Å². The first-order valence-electron chi connectivity index (χ1n) is 9.15. The fraction of sp³-hybridized carbons (Fsp3) is 0.556. The van der Waals surface area contributed by atoms with Crippen molar-refractivity contribution >= 4 is 27.5 Å². The molecule has 1 heterocycles. The molecule has 1 aliphatic heterocycles. The van der Waals surface area contributed by atoms with E-state index in [0.29, 0.717) is 18.8 Å². The standard InChI is InChI=1S/C18H28N4O4S/c1-13(2)17(19)18(24)20-12-16(23)21-14-7-6-8-15(11-14)27(25,26)22-9-4-3-5-10-22/h6-8,11,13,17H,3-5,9-10,12,19H2,1-2H3,(H,20,24)(H,21,23)/t17-/m0/s1. The summed E-state index contributed by atoms with van der Waals surface area (Å²) in [6, 6.07) is 5.46. The van der Waals surface area contributed by atoms with Gasteiger partial charge in [0.2, 0.25) is 21.8 Å². The molecule has 150 valence electrons. The number of nitrogens with one attached hydrogen (secondary N) is 2. The Bertz CT molecular complexity index is 773. The number of nitrogens with zero attached hydrogens (tertiary/aromatic N) is 1. The first-order chi connectivity index (χ1) is 12.7. The summed E-state index contributed by atoms with van der Waals surface area (Å²) in [5.74, 6) is -0.891. The van der Waals surface area contributed by atoms with Gasteiger partial charge in [-0.15, -0.1) is 0 Å². The number of anilines is 1. The van der Waals surface area contributed by atoms with E-state index in [4.69, 9.17) is 5.73 Å². The summed E-state index contributed by atoms with van der Waals surface area (Å²) in [7, 11) is -3.57. The van der Waals surface area contributed by atoms with Crippen LogP contribution in [0, 0.1) is 5.92 Å². The van der Waals surface area contributed by atoms with Crippen molar-refractivity contribution in [2.24, 2.45) is 11.7 Å². The second kappa shape index (κ2) is 9.29. The summed E-state index contributed by atoms with van der Waals surface area (Å²) in [6.45, 7) is 4.43. The van der Waals surface area contributed by atoms with Crippen LogP contribution in [-0.4, -0.2) is 50.2 Å². The Morgan fingerprint density at radius 3 is 2.48 bits per heavy atom. The van der Waals surface area contributed by atoms with E-state index in [2.05, 4.69) is 10.6 Å². The van der Waals surface area contributed by atoms with Crippen LogP contribution in [-0.2, 0) is 19.6 Å². The van der Waals surface area contributed by atoms with Gasteiger partial charge in [-0.1, -0.05) is 26.3 Å². The molecule has 2 amide bonds. The number of carbonyl (C=O) groups excluding carboxylic acids is 2. The molecular formula is C18H28N4O4S. The van der Waals surface area contributed by atoms with Gasteiger partial charge in [0.25, 0.3) is 0 Å². The Morgan fingerprint density at radius 1 is 1.19 bits per heavy atom. The van der Waals surface area contributed by atoms with Crippen molar-refractivity contribution in [3.05, 3.63) is 24.3 Å². The number of carbonyl (C=O) groups is 2. The lowest BCUT2D eigenvalue weighted by molar-refractivity contribution is -0.125. The first-order valence-corrected chi connectivity index (χ1v) is 10.6. The molecule has 0 aromatic heterocycles. The summed E-state index contributed by atoms with van der Waals surface area (Å²) < 4.78 is 26.9. The third kappa shape index (κ3) is 5.75. The van der Waals surface area contributed by atoms with Crippen molar-refractivity contribution in [1.82, 2.24) is 9.62 Å². The molecule has 1 aromatic rings. The third-order valence-corrected chi connectivity index (χ3v) is 6.41. The zero-order chi connectivity index (χ0) is 20.0. The Kier molecular flexibility index (Phi) is 7.34. The number of piperidine rings is 1. The molecule has 0 bridgehead atoms. The molecule has 9 heteroatoms. The lowest BCUT2D eigenvalue weighted by Gasteiger charge is -2.26. The average Bonchev–Trinajstić information content (AvgIpc) is 2.66. The molecule has 1 saturated heterocycles. The summed E-state index contributed by atoms with van der Waals surface area (Å²) in [5, 5.41) is 5.08. The van der Waals surface area contributed by atoms with E-state index in [0.717, 1.165) is 19.3 Å². The Morgan fingerprint density at radius 2 is 1.85 bits per heavy atom. The second-order valence-corrected chi connectivity index (χ2v) is 8.97. The SMILES string of the molecule is CC(C)[C@H](N)C(=O)NCC(=O)Nc1cccc(S(=O)(=O)N2CCCCC2)c1. The predicted octanol–water partition coefficient (Wildman–Crippen LogP) is 0.899. The van der Waals surface area contributed by atoms with Gasteiger partial charge in [-0.05, 0) is 37.0 Å². The zero-order valence-corrected chi connectivity index (χ0v) is 16.6. The van der Waals surface area contributed by atoms with Crippen molar-refractivity contribution in [1.29, 1.82) is 0 Å². The smallest absolute Gasteiger partial charge is 0.243 e. The predicted molar refractivity (Wildman–Crippen MR) is 104 cm³/mol. The van der Waals surface area contributed by atoms with E-state index in [9.17, 15) is 18.0 Å². The lowest BCUT2D eigenvalue weighted by atomic mass is 10.1. The topological polar surface area (TPSA) is 122 Å². The van der Waals surface area contributed by atoms with Gasteiger partial charge in [0.05, 0.1) is 17.5 Å². The van der Waals surface area contributed by atoms with Crippen LogP contribution in [0.1, 0.15) is 33.1 Å². The van der Waals surface area contributed by atoms with Gasteiger partial charge in [0.1, 0.15) is 0 Å². The average molecular weight is 397 g/mol. The maximum Gasteiger partial charge on any atom is 0.243 e. The van der Waals surface area contributed by atoms with E-state index in [1.165, 1.54) is 16.4 Å². The molecule has 1 atom stereocenters. The zero-order valence-electron chi connectivity index (χ0n) is 15.8. The van der Waals surface area contributed by atoms with Gasteiger partial charge in [0, 0.05) is 18.8 Å². The molecule has 0 unspecified atom stereocenters.